The molecular weight excluding hydrogens is 392 g/mol. The van der Waals surface area contributed by atoms with Crippen molar-refractivity contribution in [3.05, 3.63) is 47.5 Å². The number of amides is 2. The Kier molecular flexibility index (Phi) is 5.66. The quantitative estimate of drug-likeness (QED) is 0.809. The molecule has 2 aromatic rings. The largest absolute Gasteiger partial charge is 0.482 e. The van der Waals surface area contributed by atoms with Crippen LogP contribution in [0.1, 0.15) is 24.5 Å². The van der Waals surface area contributed by atoms with Gasteiger partial charge in [0.05, 0.1) is 15.8 Å². The molecule has 0 fully saturated rings. The topological polar surface area (TPSA) is 92.8 Å². The van der Waals surface area contributed by atoms with Gasteiger partial charge in [-0.25, -0.2) is 8.42 Å². The third-order valence-corrected chi connectivity index (χ3v) is 7.25. The number of hydrogen-bond donors (Lipinski definition) is 1. The maximum atomic E-state index is 13.1. The second-order valence-electron chi connectivity index (χ2n) is 7.30. The van der Waals surface area contributed by atoms with Crippen LogP contribution in [0.25, 0.3) is 0 Å². The molecule has 0 saturated carbocycles. The zero-order chi connectivity index (χ0) is 21.3. The zero-order valence-electron chi connectivity index (χ0n) is 16.9. The summed E-state index contributed by atoms with van der Waals surface area (Å²) in [5, 5.41) is 1.74. The van der Waals surface area contributed by atoms with Crippen LogP contribution in [0.3, 0.4) is 0 Å². The molecule has 1 aliphatic rings. The Morgan fingerprint density at radius 2 is 1.97 bits per heavy atom. The highest BCUT2D eigenvalue weighted by Gasteiger charge is 2.30. The molecule has 1 atom stereocenters. The number of carbonyl (C=O) groups is 2. The summed E-state index contributed by atoms with van der Waals surface area (Å²) < 4.78 is 31.6. The summed E-state index contributed by atoms with van der Waals surface area (Å²) in [6.07, 6.45) is -0.152. The molecule has 0 aliphatic carbocycles. The average molecular weight is 416 g/mol. The van der Waals surface area contributed by atoms with Gasteiger partial charge in [0.1, 0.15) is 5.75 Å². The first-order valence-electron chi connectivity index (χ1n) is 9.24. The van der Waals surface area contributed by atoms with E-state index >= 15 is 0 Å². The molecule has 8 heteroatoms. The molecule has 29 heavy (non-hydrogen) atoms. The van der Waals surface area contributed by atoms with Gasteiger partial charge in [0.2, 0.25) is 5.91 Å². The van der Waals surface area contributed by atoms with Gasteiger partial charge >= 0.3 is 0 Å². The predicted molar refractivity (Wildman–Crippen MR) is 111 cm³/mol. The number of ether oxygens (including phenoxy) is 1. The van der Waals surface area contributed by atoms with Crippen LogP contribution in [-0.2, 0) is 19.4 Å². The number of sulfone groups is 1. The number of fused-ring (bicyclic) bond motifs is 1. The minimum Gasteiger partial charge on any atom is -0.482 e. The summed E-state index contributed by atoms with van der Waals surface area (Å²) >= 11 is 0. The Labute approximate surface area is 170 Å². The summed E-state index contributed by atoms with van der Waals surface area (Å²) in [6, 6.07) is 10.5. The fourth-order valence-corrected chi connectivity index (χ4v) is 4.79. The lowest BCUT2D eigenvalue weighted by molar-refractivity contribution is -0.119. The summed E-state index contributed by atoms with van der Waals surface area (Å²) in [5.41, 5.74) is 2.66. The number of aryl methyl sites for hydroxylation is 2. The molecule has 0 aromatic heterocycles. The Morgan fingerprint density at radius 1 is 1.24 bits per heavy atom. The second kappa shape index (κ2) is 7.87. The van der Waals surface area contributed by atoms with Gasteiger partial charge in [-0.1, -0.05) is 12.1 Å². The van der Waals surface area contributed by atoms with E-state index in [0.29, 0.717) is 22.7 Å². The smallest absolute Gasteiger partial charge is 0.262 e. The van der Waals surface area contributed by atoms with Crippen LogP contribution in [-0.4, -0.2) is 39.1 Å². The fraction of sp³-hybridized carbons (Fsp3) is 0.333. The Bertz CT molecular complexity index is 1080. The second-order valence-corrected chi connectivity index (χ2v) is 9.64. The van der Waals surface area contributed by atoms with Gasteiger partial charge in [-0.3, -0.25) is 9.59 Å². The van der Waals surface area contributed by atoms with Crippen molar-refractivity contribution in [2.75, 3.05) is 23.9 Å². The van der Waals surface area contributed by atoms with E-state index in [-0.39, 0.29) is 29.7 Å². The number of benzene rings is 2. The number of nitrogens with one attached hydrogen (secondary N) is 1. The van der Waals surface area contributed by atoms with Crippen molar-refractivity contribution in [1.29, 1.82) is 0 Å². The fourth-order valence-electron chi connectivity index (χ4n) is 3.21. The lowest BCUT2D eigenvalue weighted by Gasteiger charge is -2.23. The number of rotatable bonds is 5. The predicted octanol–water partition coefficient (Wildman–Crippen LogP) is 2.85. The Hall–Kier alpha value is -2.87. The molecule has 0 bridgehead atoms. The van der Waals surface area contributed by atoms with Crippen LogP contribution in [0.2, 0.25) is 0 Å². The first kappa shape index (κ1) is 20.9. The van der Waals surface area contributed by atoms with Crippen molar-refractivity contribution in [2.45, 2.75) is 37.3 Å². The third-order valence-electron chi connectivity index (χ3n) is 4.97. The molecule has 1 N–H and O–H groups in total. The van der Waals surface area contributed by atoms with Gasteiger partial charge in [-0.2, -0.15) is 0 Å². The van der Waals surface area contributed by atoms with E-state index in [4.69, 9.17) is 4.74 Å². The molecule has 1 heterocycles. The molecule has 154 valence electrons. The molecule has 7 nitrogen and oxygen atoms in total. The zero-order valence-corrected chi connectivity index (χ0v) is 17.7. The molecule has 1 aliphatic heterocycles. The minimum absolute atomic E-state index is 0.103. The number of nitrogens with zero attached hydrogens (tertiary/aromatic N) is 1. The molecular formula is C21H24N2O5S. The number of anilines is 2. The first-order valence-corrected chi connectivity index (χ1v) is 10.8. The van der Waals surface area contributed by atoms with Crippen molar-refractivity contribution < 1.29 is 22.7 Å². The van der Waals surface area contributed by atoms with Crippen LogP contribution >= 0.6 is 0 Å². The molecule has 0 saturated heterocycles. The van der Waals surface area contributed by atoms with Gasteiger partial charge in [0.25, 0.3) is 5.91 Å². The normalized spacial score (nSPS) is 14.4. The maximum Gasteiger partial charge on any atom is 0.262 e. The molecule has 3 rings (SSSR count). The number of hydrogen-bond acceptors (Lipinski definition) is 5. The highest BCUT2D eigenvalue weighted by atomic mass is 32.2. The minimum atomic E-state index is -3.78. The van der Waals surface area contributed by atoms with Gasteiger partial charge < -0.3 is 15.0 Å². The molecule has 1 unspecified atom stereocenters. The van der Waals surface area contributed by atoms with E-state index in [1.54, 1.807) is 20.0 Å². The Morgan fingerprint density at radius 3 is 2.66 bits per heavy atom. The van der Waals surface area contributed by atoms with Gasteiger partial charge in [-0.15, -0.1) is 0 Å². The van der Waals surface area contributed by atoms with Crippen molar-refractivity contribution in [1.82, 2.24) is 0 Å². The van der Waals surface area contributed by atoms with Crippen molar-refractivity contribution in [3.8, 4) is 5.75 Å². The van der Waals surface area contributed by atoms with E-state index in [2.05, 4.69) is 5.32 Å². The monoisotopic (exact) mass is 416 g/mol. The SMILES string of the molecule is Cc1cccc(N(C)C(=O)CC(C)S(=O)(=O)c2cc3c(cc2C)NC(=O)CO3)c1. The summed E-state index contributed by atoms with van der Waals surface area (Å²) in [6.45, 7) is 4.95. The van der Waals surface area contributed by atoms with Gasteiger partial charge in [0, 0.05) is 25.2 Å². The molecule has 2 amide bonds. The van der Waals surface area contributed by atoms with E-state index in [9.17, 15) is 18.0 Å². The summed E-state index contributed by atoms with van der Waals surface area (Å²) in [7, 11) is -2.14. The summed E-state index contributed by atoms with van der Waals surface area (Å²) in [4.78, 5) is 25.7. The van der Waals surface area contributed by atoms with Crippen molar-refractivity contribution in [2.24, 2.45) is 0 Å². The van der Waals surface area contributed by atoms with Gasteiger partial charge in [0.15, 0.2) is 16.4 Å². The van der Waals surface area contributed by atoms with Crippen LogP contribution in [0.5, 0.6) is 5.75 Å². The van der Waals surface area contributed by atoms with E-state index < -0.39 is 15.1 Å². The molecule has 0 radical (unpaired) electrons. The van der Waals surface area contributed by atoms with Crippen LogP contribution in [0.15, 0.2) is 41.3 Å². The van der Waals surface area contributed by atoms with Crippen LogP contribution in [0.4, 0.5) is 11.4 Å². The van der Waals surface area contributed by atoms with Crippen molar-refractivity contribution >= 4 is 33.0 Å². The van der Waals surface area contributed by atoms with Crippen molar-refractivity contribution in [3.63, 3.8) is 0 Å². The number of carbonyl (C=O) groups excluding carboxylic acids is 2. The van der Waals surface area contributed by atoms with E-state index in [0.717, 1.165) is 5.56 Å². The summed E-state index contributed by atoms with van der Waals surface area (Å²) in [5.74, 6) is -0.263. The lowest BCUT2D eigenvalue weighted by atomic mass is 10.2. The third kappa shape index (κ3) is 4.27. The first-order chi connectivity index (χ1) is 13.6. The van der Waals surface area contributed by atoms with Crippen LogP contribution < -0.4 is 15.0 Å². The molecule has 2 aromatic carbocycles. The van der Waals surface area contributed by atoms with Gasteiger partial charge in [-0.05, 0) is 50.1 Å². The average Bonchev–Trinajstić information content (AvgIpc) is 2.66. The van der Waals surface area contributed by atoms with Crippen LogP contribution in [0, 0.1) is 13.8 Å². The molecule has 0 spiro atoms. The Balaban J connectivity index is 1.82. The lowest BCUT2D eigenvalue weighted by Crippen LogP contribution is -2.32. The maximum absolute atomic E-state index is 13.1. The highest BCUT2D eigenvalue weighted by Crippen LogP contribution is 2.34. The van der Waals surface area contributed by atoms with E-state index in [1.807, 2.05) is 31.2 Å². The van der Waals surface area contributed by atoms with E-state index in [1.165, 1.54) is 17.9 Å². The standard InChI is InChI=1S/C21H24N2O5S/c1-13-6-5-7-16(8-13)23(4)21(25)10-15(3)29(26,27)19-11-18-17(9-14(19)2)22-20(24)12-28-18/h5-9,11,15H,10,12H2,1-4H3,(H,22,24). The highest BCUT2D eigenvalue weighted by molar-refractivity contribution is 7.92.